The molecule has 2 rings (SSSR count). The zero-order valence-electron chi connectivity index (χ0n) is 8.62. The fourth-order valence-electron chi connectivity index (χ4n) is 1.59. The first-order valence-electron chi connectivity index (χ1n) is 4.95. The minimum Gasteiger partial charge on any atom is -0.311 e. The van der Waals surface area contributed by atoms with Crippen LogP contribution >= 0.6 is 0 Å². The van der Waals surface area contributed by atoms with Crippen LogP contribution in [0.1, 0.15) is 18.3 Å². The molecular weight excluding hydrogens is 174 g/mol. The molecule has 3 nitrogen and oxygen atoms in total. The molecule has 0 radical (unpaired) electrons. The van der Waals surface area contributed by atoms with Crippen LogP contribution < -0.4 is 5.32 Å². The molecule has 0 saturated carbocycles. The summed E-state index contributed by atoms with van der Waals surface area (Å²) >= 11 is 0. The molecule has 0 aliphatic rings. The highest BCUT2D eigenvalue weighted by Crippen LogP contribution is 2.08. The van der Waals surface area contributed by atoms with Gasteiger partial charge in [0.1, 0.15) is 5.65 Å². The van der Waals surface area contributed by atoms with Gasteiger partial charge < -0.3 is 9.72 Å². The maximum atomic E-state index is 4.42. The topological polar surface area (TPSA) is 29.3 Å². The average Bonchev–Trinajstić information content (AvgIpc) is 2.55. The van der Waals surface area contributed by atoms with Crippen molar-refractivity contribution in [3.63, 3.8) is 0 Å². The Balaban J connectivity index is 2.42. The van der Waals surface area contributed by atoms with E-state index >= 15 is 0 Å². The molecule has 2 heterocycles. The van der Waals surface area contributed by atoms with E-state index in [0.717, 1.165) is 24.4 Å². The van der Waals surface area contributed by atoms with Crippen molar-refractivity contribution in [2.75, 3.05) is 6.54 Å². The van der Waals surface area contributed by atoms with Gasteiger partial charge in [0.25, 0.3) is 0 Å². The molecule has 0 bridgehead atoms. The van der Waals surface area contributed by atoms with Crippen LogP contribution in [0.25, 0.3) is 5.65 Å². The molecule has 3 heteroatoms. The molecule has 2 aromatic rings. The number of aromatic nitrogens is 2. The van der Waals surface area contributed by atoms with Crippen LogP contribution in [0.15, 0.2) is 24.4 Å². The van der Waals surface area contributed by atoms with Crippen molar-refractivity contribution in [3.8, 4) is 0 Å². The third kappa shape index (κ3) is 1.63. The van der Waals surface area contributed by atoms with Crippen molar-refractivity contribution >= 4 is 5.65 Å². The smallest absolute Gasteiger partial charge is 0.137 e. The van der Waals surface area contributed by atoms with Crippen LogP contribution in [0.2, 0.25) is 0 Å². The lowest BCUT2D eigenvalue weighted by atomic mass is 10.3. The Hall–Kier alpha value is -1.35. The van der Waals surface area contributed by atoms with Crippen LogP contribution in [0.3, 0.4) is 0 Å². The second kappa shape index (κ2) is 3.80. The van der Waals surface area contributed by atoms with E-state index < -0.39 is 0 Å². The highest BCUT2D eigenvalue weighted by Gasteiger charge is 2.01. The summed E-state index contributed by atoms with van der Waals surface area (Å²) < 4.78 is 2.14. The Morgan fingerprint density at radius 1 is 1.43 bits per heavy atom. The lowest BCUT2D eigenvalue weighted by molar-refractivity contribution is 0.703. The first-order chi connectivity index (χ1) is 6.81. The van der Waals surface area contributed by atoms with Crippen LogP contribution in [-0.4, -0.2) is 15.9 Å². The Morgan fingerprint density at radius 2 is 2.29 bits per heavy atom. The molecule has 0 atom stereocenters. The predicted molar refractivity (Wildman–Crippen MR) is 57.3 cm³/mol. The highest BCUT2D eigenvalue weighted by molar-refractivity contribution is 5.41. The molecule has 0 aromatic carbocycles. The van der Waals surface area contributed by atoms with Gasteiger partial charge in [0.15, 0.2) is 0 Å². The van der Waals surface area contributed by atoms with Gasteiger partial charge in [-0.2, -0.15) is 0 Å². The summed E-state index contributed by atoms with van der Waals surface area (Å²) in [4.78, 5) is 4.42. The van der Waals surface area contributed by atoms with Crippen LogP contribution in [0.5, 0.6) is 0 Å². The van der Waals surface area contributed by atoms with Crippen molar-refractivity contribution in [1.82, 2.24) is 14.7 Å². The van der Waals surface area contributed by atoms with Crippen LogP contribution in [0.4, 0.5) is 0 Å². The van der Waals surface area contributed by atoms with E-state index in [2.05, 4.69) is 40.0 Å². The number of fused-ring (bicyclic) bond motifs is 1. The van der Waals surface area contributed by atoms with Gasteiger partial charge in [-0.1, -0.05) is 13.0 Å². The third-order valence-electron chi connectivity index (χ3n) is 2.25. The number of hydrogen-bond donors (Lipinski definition) is 1. The average molecular weight is 189 g/mol. The number of nitrogens with zero attached hydrogens (tertiary/aromatic N) is 2. The maximum absolute atomic E-state index is 4.42. The van der Waals surface area contributed by atoms with E-state index in [1.165, 1.54) is 5.69 Å². The van der Waals surface area contributed by atoms with Crippen molar-refractivity contribution < 1.29 is 0 Å². The molecule has 2 aromatic heterocycles. The Morgan fingerprint density at radius 3 is 3.07 bits per heavy atom. The van der Waals surface area contributed by atoms with Gasteiger partial charge in [0, 0.05) is 18.4 Å². The number of aryl methyl sites for hydroxylation is 1. The molecule has 0 aliphatic heterocycles. The van der Waals surface area contributed by atoms with Gasteiger partial charge in [-0.25, -0.2) is 4.98 Å². The van der Waals surface area contributed by atoms with Gasteiger partial charge in [-0.15, -0.1) is 0 Å². The number of rotatable bonds is 3. The van der Waals surface area contributed by atoms with Gasteiger partial charge in [-0.3, -0.25) is 0 Å². The molecule has 0 unspecified atom stereocenters. The van der Waals surface area contributed by atoms with Gasteiger partial charge >= 0.3 is 0 Å². The summed E-state index contributed by atoms with van der Waals surface area (Å²) in [6, 6.07) is 6.20. The molecule has 0 spiro atoms. The molecule has 1 N–H and O–H groups in total. The Kier molecular flexibility index (Phi) is 2.50. The van der Waals surface area contributed by atoms with Gasteiger partial charge in [0.2, 0.25) is 0 Å². The molecular formula is C11H15N3. The summed E-state index contributed by atoms with van der Waals surface area (Å²) in [5.74, 6) is 0. The SMILES string of the molecule is CCNCc1cccc2nc(C)cn12. The molecule has 0 amide bonds. The van der Waals surface area contributed by atoms with Gasteiger partial charge in [-0.05, 0) is 25.6 Å². The second-order valence-electron chi connectivity index (χ2n) is 3.41. The summed E-state index contributed by atoms with van der Waals surface area (Å²) in [5.41, 5.74) is 3.34. The molecule has 74 valence electrons. The lowest BCUT2D eigenvalue weighted by Gasteiger charge is -2.04. The van der Waals surface area contributed by atoms with E-state index in [1.807, 2.05) is 13.0 Å². The molecule has 0 fully saturated rings. The Labute approximate surface area is 83.8 Å². The summed E-state index contributed by atoms with van der Waals surface area (Å²) in [6.45, 7) is 6.01. The normalized spacial score (nSPS) is 11.0. The predicted octanol–water partition coefficient (Wildman–Crippen LogP) is 1.75. The zero-order valence-corrected chi connectivity index (χ0v) is 8.62. The minimum atomic E-state index is 0.892. The Bertz CT molecular complexity index is 431. The minimum absolute atomic E-state index is 0.892. The molecule has 0 aliphatic carbocycles. The third-order valence-corrected chi connectivity index (χ3v) is 2.25. The fourth-order valence-corrected chi connectivity index (χ4v) is 1.59. The maximum Gasteiger partial charge on any atom is 0.137 e. The number of hydrogen-bond acceptors (Lipinski definition) is 2. The summed E-state index contributed by atoms with van der Waals surface area (Å²) in [5, 5.41) is 3.32. The lowest BCUT2D eigenvalue weighted by Crippen LogP contribution is -2.14. The van der Waals surface area contributed by atoms with Gasteiger partial charge in [0.05, 0.1) is 5.69 Å². The van der Waals surface area contributed by atoms with E-state index in [-0.39, 0.29) is 0 Å². The van der Waals surface area contributed by atoms with Crippen molar-refractivity contribution in [2.24, 2.45) is 0 Å². The second-order valence-corrected chi connectivity index (χ2v) is 3.41. The largest absolute Gasteiger partial charge is 0.311 e. The number of nitrogens with one attached hydrogen (secondary N) is 1. The summed E-state index contributed by atoms with van der Waals surface area (Å²) in [6.07, 6.45) is 2.07. The fraction of sp³-hybridized carbons (Fsp3) is 0.364. The van der Waals surface area contributed by atoms with Crippen molar-refractivity contribution in [3.05, 3.63) is 35.8 Å². The zero-order chi connectivity index (χ0) is 9.97. The number of pyridine rings is 1. The van der Waals surface area contributed by atoms with Crippen molar-refractivity contribution in [2.45, 2.75) is 20.4 Å². The van der Waals surface area contributed by atoms with Crippen molar-refractivity contribution in [1.29, 1.82) is 0 Å². The monoisotopic (exact) mass is 189 g/mol. The van der Waals surface area contributed by atoms with E-state index in [9.17, 15) is 0 Å². The first kappa shape index (κ1) is 9.21. The quantitative estimate of drug-likeness (QED) is 0.797. The van der Waals surface area contributed by atoms with Crippen LogP contribution in [-0.2, 0) is 6.54 Å². The standard InChI is InChI=1S/C11H15N3/c1-3-12-7-10-5-4-6-11-13-9(2)8-14(10)11/h4-6,8,12H,3,7H2,1-2H3. The van der Waals surface area contributed by atoms with E-state index in [0.29, 0.717) is 0 Å². The first-order valence-corrected chi connectivity index (χ1v) is 4.95. The number of imidazole rings is 1. The molecule has 14 heavy (non-hydrogen) atoms. The van der Waals surface area contributed by atoms with Crippen LogP contribution in [0, 0.1) is 6.92 Å². The van der Waals surface area contributed by atoms with E-state index in [1.54, 1.807) is 0 Å². The highest BCUT2D eigenvalue weighted by atomic mass is 15.0. The molecule has 0 saturated heterocycles. The summed E-state index contributed by atoms with van der Waals surface area (Å²) in [7, 11) is 0. The van der Waals surface area contributed by atoms with E-state index in [4.69, 9.17) is 0 Å².